The van der Waals surface area contributed by atoms with E-state index in [1.54, 1.807) is 0 Å². The summed E-state index contributed by atoms with van der Waals surface area (Å²) in [5.74, 6) is 0. The van der Waals surface area contributed by atoms with E-state index in [4.69, 9.17) is 0 Å². The average molecular weight is 399 g/mol. The van der Waals surface area contributed by atoms with Crippen LogP contribution < -0.4 is 0 Å². The molecule has 0 saturated heterocycles. The molecule has 0 aromatic heterocycles. The number of aryl methyl sites for hydroxylation is 1. The summed E-state index contributed by atoms with van der Waals surface area (Å²) >= 11 is 0. The molecule has 146 valence electrons. The zero-order valence-electron chi connectivity index (χ0n) is 13.9. The van der Waals surface area contributed by atoms with Gasteiger partial charge in [0.15, 0.2) is 0 Å². The van der Waals surface area contributed by atoms with Gasteiger partial charge in [0, 0.05) is 29.7 Å². The van der Waals surface area contributed by atoms with E-state index < -0.39 is 40.8 Å². The highest BCUT2D eigenvalue weighted by Gasteiger charge is 2.46. The van der Waals surface area contributed by atoms with Crippen LogP contribution in [0.5, 0.6) is 0 Å². The predicted octanol–water partition coefficient (Wildman–Crippen LogP) is 6.98. The molecule has 0 unspecified atom stereocenters. The van der Waals surface area contributed by atoms with Gasteiger partial charge in [0.05, 0.1) is 5.56 Å². The quantitative estimate of drug-likeness (QED) is 0.353. The van der Waals surface area contributed by atoms with Gasteiger partial charge in [-0.15, -0.1) is 0 Å². The van der Waals surface area contributed by atoms with Crippen molar-refractivity contribution in [2.45, 2.75) is 32.4 Å². The fourth-order valence-electron chi connectivity index (χ4n) is 2.50. The Balaban J connectivity index is 2.64. The topological polar surface area (TPSA) is 0 Å². The standard InChI is InChI=1S/C18H12F9/c1-9-3-11(5-13(4-9)16(19,20)21)10(2)12-6-14(17(22,23)24)8-15(7-12)18(25,26)27/h3-8H,1-2H3/q+1. The lowest BCUT2D eigenvalue weighted by Gasteiger charge is -2.16. The first kappa shape index (κ1) is 21.0. The number of rotatable bonds is 1. The summed E-state index contributed by atoms with van der Waals surface area (Å²) in [7, 11) is 0. The smallest absolute Gasteiger partial charge is 0.166 e. The Labute approximate surface area is 148 Å². The third kappa shape index (κ3) is 4.90. The molecule has 0 amide bonds. The zero-order chi connectivity index (χ0) is 20.8. The molecule has 0 aliphatic heterocycles. The van der Waals surface area contributed by atoms with Crippen LogP contribution in [-0.4, -0.2) is 12.4 Å². The number of allylic oxidation sites excluding steroid dienone is 6. The van der Waals surface area contributed by atoms with E-state index in [0.717, 1.165) is 6.07 Å². The third-order valence-electron chi connectivity index (χ3n) is 3.86. The van der Waals surface area contributed by atoms with Crippen LogP contribution in [0.25, 0.3) is 5.57 Å². The summed E-state index contributed by atoms with van der Waals surface area (Å²) in [6.07, 6.45) is -13.8. The molecule has 0 saturated carbocycles. The van der Waals surface area contributed by atoms with Gasteiger partial charge in [-0.05, 0) is 37.6 Å². The van der Waals surface area contributed by atoms with Gasteiger partial charge in [-0.25, -0.2) is 0 Å². The first-order valence-electron chi connectivity index (χ1n) is 7.41. The van der Waals surface area contributed by atoms with E-state index in [1.807, 2.05) is 0 Å². The first-order valence-corrected chi connectivity index (χ1v) is 7.41. The molecule has 0 atom stereocenters. The summed E-state index contributed by atoms with van der Waals surface area (Å²) < 4.78 is 117. The Morgan fingerprint density at radius 1 is 0.778 bits per heavy atom. The van der Waals surface area contributed by atoms with Gasteiger partial charge >= 0.3 is 18.5 Å². The van der Waals surface area contributed by atoms with Gasteiger partial charge in [-0.3, -0.25) is 0 Å². The normalized spacial score (nSPS) is 17.9. The number of alkyl halides is 9. The van der Waals surface area contributed by atoms with E-state index in [0.29, 0.717) is 18.6 Å². The van der Waals surface area contributed by atoms with Gasteiger partial charge < -0.3 is 0 Å². The van der Waals surface area contributed by atoms with Gasteiger partial charge in [0.1, 0.15) is 16.7 Å². The van der Waals surface area contributed by atoms with Crippen LogP contribution in [-0.2, 0) is 6.18 Å². The Morgan fingerprint density at radius 2 is 1.37 bits per heavy atom. The third-order valence-corrected chi connectivity index (χ3v) is 3.86. The highest BCUT2D eigenvalue weighted by molar-refractivity contribution is 5.75. The molecule has 1 aromatic rings. The summed E-state index contributed by atoms with van der Waals surface area (Å²) in [5.41, 5.74) is -4.65. The minimum absolute atomic E-state index is 0.0336. The minimum Gasteiger partial charge on any atom is -0.166 e. The van der Waals surface area contributed by atoms with Crippen LogP contribution in [0, 0.1) is 13.3 Å². The number of halogens is 9. The van der Waals surface area contributed by atoms with Crippen molar-refractivity contribution in [3.63, 3.8) is 0 Å². The lowest BCUT2D eigenvalue weighted by molar-refractivity contribution is -0.137. The Morgan fingerprint density at radius 3 is 1.85 bits per heavy atom. The average Bonchev–Trinajstić information content (AvgIpc) is 2.50. The van der Waals surface area contributed by atoms with Crippen molar-refractivity contribution in [1.82, 2.24) is 0 Å². The van der Waals surface area contributed by atoms with E-state index >= 15 is 0 Å². The van der Waals surface area contributed by atoms with Crippen molar-refractivity contribution >= 4 is 5.57 Å². The molecular formula is C18H12F9+. The molecule has 27 heavy (non-hydrogen) atoms. The van der Waals surface area contributed by atoms with Crippen molar-refractivity contribution < 1.29 is 39.5 Å². The first-order chi connectivity index (χ1) is 12.1. The van der Waals surface area contributed by atoms with E-state index in [2.05, 4.69) is 0 Å². The SMILES string of the molecule is CC(=C1C=C(C(F)(F)F)C=C(C(F)(F)F)[CH+]1)c1cc(C)cc(C(F)(F)F)c1. The van der Waals surface area contributed by atoms with Gasteiger partial charge in [0.2, 0.25) is 0 Å². The molecule has 1 aromatic carbocycles. The van der Waals surface area contributed by atoms with Crippen LogP contribution in [0.2, 0.25) is 0 Å². The molecule has 0 spiro atoms. The van der Waals surface area contributed by atoms with Crippen LogP contribution in [0.3, 0.4) is 0 Å². The Kier molecular flexibility index (Phi) is 5.20. The maximum atomic E-state index is 13.0. The minimum atomic E-state index is -5.04. The monoisotopic (exact) mass is 399 g/mol. The second kappa shape index (κ2) is 6.69. The van der Waals surface area contributed by atoms with Crippen LogP contribution in [0.15, 0.2) is 47.1 Å². The molecular weight excluding hydrogens is 387 g/mol. The van der Waals surface area contributed by atoms with E-state index in [-0.39, 0.29) is 22.8 Å². The molecule has 0 bridgehead atoms. The van der Waals surface area contributed by atoms with Crippen molar-refractivity contribution in [3.05, 3.63) is 70.2 Å². The predicted molar refractivity (Wildman–Crippen MR) is 81.4 cm³/mol. The maximum absolute atomic E-state index is 13.0. The molecule has 0 heterocycles. The van der Waals surface area contributed by atoms with Crippen molar-refractivity contribution in [2.75, 3.05) is 0 Å². The highest BCUT2D eigenvalue weighted by atomic mass is 19.4. The molecule has 0 nitrogen and oxygen atoms in total. The number of hydrogen-bond donors (Lipinski definition) is 0. The summed E-state index contributed by atoms with van der Waals surface area (Å²) in [6.45, 7) is 2.52. The molecule has 2 rings (SSSR count). The second-order valence-electron chi connectivity index (χ2n) is 6.01. The summed E-state index contributed by atoms with van der Waals surface area (Å²) in [5, 5.41) is 0. The second-order valence-corrected chi connectivity index (χ2v) is 6.01. The van der Waals surface area contributed by atoms with Crippen LogP contribution in [0.1, 0.15) is 23.6 Å². The number of hydrogen-bond acceptors (Lipinski definition) is 0. The van der Waals surface area contributed by atoms with Gasteiger partial charge in [-0.2, -0.15) is 39.5 Å². The number of benzene rings is 1. The van der Waals surface area contributed by atoms with Gasteiger partial charge in [-0.1, -0.05) is 0 Å². The summed E-state index contributed by atoms with van der Waals surface area (Å²) in [6, 6.07) is 2.79. The molecule has 0 radical (unpaired) electrons. The molecule has 1 aliphatic carbocycles. The van der Waals surface area contributed by atoms with Crippen molar-refractivity contribution in [1.29, 1.82) is 0 Å². The fourth-order valence-corrected chi connectivity index (χ4v) is 2.50. The molecule has 0 N–H and O–H groups in total. The lowest BCUT2D eigenvalue weighted by Crippen LogP contribution is -2.20. The van der Waals surface area contributed by atoms with Gasteiger partial charge in [0.25, 0.3) is 0 Å². The maximum Gasteiger partial charge on any atom is 0.434 e. The Bertz CT molecular complexity index is 828. The largest absolute Gasteiger partial charge is 0.434 e. The molecule has 9 heteroatoms. The van der Waals surface area contributed by atoms with E-state index in [1.165, 1.54) is 19.9 Å². The van der Waals surface area contributed by atoms with Crippen LogP contribution >= 0.6 is 0 Å². The van der Waals surface area contributed by atoms with Crippen molar-refractivity contribution in [3.8, 4) is 0 Å². The highest BCUT2D eigenvalue weighted by Crippen LogP contribution is 2.41. The zero-order valence-corrected chi connectivity index (χ0v) is 13.9. The fraction of sp³-hybridized carbons (Fsp3) is 0.278. The van der Waals surface area contributed by atoms with Crippen molar-refractivity contribution in [2.24, 2.45) is 0 Å². The Hall–Kier alpha value is -2.32. The van der Waals surface area contributed by atoms with E-state index in [9.17, 15) is 39.5 Å². The molecule has 0 fully saturated rings. The van der Waals surface area contributed by atoms with Crippen LogP contribution in [0.4, 0.5) is 39.5 Å². The molecule has 1 aliphatic rings. The lowest BCUT2D eigenvalue weighted by atomic mass is 9.88. The summed E-state index contributed by atoms with van der Waals surface area (Å²) in [4.78, 5) is 0.